The molecule has 5 heteroatoms. The molecule has 0 radical (unpaired) electrons. The maximum Gasteiger partial charge on any atom is 0.137 e. The summed E-state index contributed by atoms with van der Waals surface area (Å²) in [6.45, 7) is 2.22. The van der Waals surface area contributed by atoms with E-state index in [1.165, 1.54) is 0 Å². The van der Waals surface area contributed by atoms with Gasteiger partial charge in [0.25, 0.3) is 0 Å². The quantitative estimate of drug-likeness (QED) is 0.840. The molecule has 1 aromatic rings. The van der Waals surface area contributed by atoms with Gasteiger partial charge in [0, 0.05) is 19.2 Å². The van der Waals surface area contributed by atoms with E-state index in [9.17, 15) is 5.11 Å². The van der Waals surface area contributed by atoms with E-state index in [4.69, 9.17) is 14.7 Å². The summed E-state index contributed by atoms with van der Waals surface area (Å²) < 4.78 is 10.9. The van der Waals surface area contributed by atoms with Crippen LogP contribution in [0.15, 0.2) is 24.3 Å². The highest BCUT2D eigenvalue weighted by Gasteiger charge is 2.22. The minimum absolute atomic E-state index is 0.177. The van der Waals surface area contributed by atoms with Crippen LogP contribution in [-0.4, -0.2) is 55.6 Å². The van der Waals surface area contributed by atoms with Crippen molar-refractivity contribution in [3.8, 4) is 11.8 Å². The first-order valence-electron chi connectivity index (χ1n) is 6.78. The first-order valence-corrected chi connectivity index (χ1v) is 6.78. The maximum atomic E-state index is 10.0. The molecule has 20 heavy (non-hydrogen) atoms. The fourth-order valence-corrected chi connectivity index (χ4v) is 2.27. The largest absolute Gasteiger partial charge is 0.489 e. The zero-order valence-electron chi connectivity index (χ0n) is 11.7. The lowest BCUT2D eigenvalue weighted by atomic mass is 10.2. The summed E-state index contributed by atoms with van der Waals surface area (Å²) in [7, 11) is 1.98. The number of aliphatic hydroxyl groups excluding tert-OH is 1. The summed E-state index contributed by atoms with van der Waals surface area (Å²) in [5.41, 5.74) is 0.484. The zero-order valence-corrected chi connectivity index (χ0v) is 11.7. The van der Waals surface area contributed by atoms with E-state index in [2.05, 4.69) is 11.0 Å². The fourth-order valence-electron chi connectivity index (χ4n) is 2.27. The van der Waals surface area contributed by atoms with Gasteiger partial charge in [0.15, 0.2) is 0 Å². The summed E-state index contributed by atoms with van der Waals surface area (Å²) in [5, 5.41) is 19.0. The SMILES string of the molecule is CN(CC(O)COc1ccccc1C#N)C1CCOC1. The fraction of sp³-hybridized carbons (Fsp3) is 0.533. The number of aliphatic hydroxyl groups is 1. The van der Waals surface area contributed by atoms with Crippen molar-refractivity contribution in [3.05, 3.63) is 29.8 Å². The lowest BCUT2D eigenvalue weighted by molar-refractivity contribution is 0.0596. The Morgan fingerprint density at radius 2 is 2.35 bits per heavy atom. The molecule has 1 aromatic carbocycles. The normalized spacial score (nSPS) is 19.8. The molecule has 1 fully saturated rings. The molecule has 1 N–H and O–H groups in total. The zero-order chi connectivity index (χ0) is 14.4. The molecule has 108 valence electrons. The van der Waals surface area contributed by atoms with Crippen molar-refractivity contribution in [2.45, 2.75) is 18.6 Å². The van der Waals surface area contributed by atoms with E-state index in [0.29, 0.717) is 23.9 Å². The second-order valence-corrected chi connectivity index (χ2v) is 5.03. The second-order valence-electron chi connectivity index (χ2n) is 5.03. The third kappa shape index (κ3) is 3.94. The number of nitriles is 1. The van der Waals surface area contributed by atoms with Gasteiger partial charge in [0.05, 0.1) is 12.2 Å². The van der Waals surface area contributed by atoms with E-state index in [-0.39, 0.29) is 6.61 Å². The second kappa shape index (κ2) is 7.25. The molecule has 0 aliphatic carbocycles. The van der Waals surface area contributed by atoms with Crippen molar-refractivity contribution in [2.75, 3.05) is 33.4 Å². The Kier molecular flexibility index (Phi) is 5.36. The van der Waals surface area contributed by atoms with Gasteiger partial charge in [-0.2, -0.15) is 5.26 Å². The highest BCUT2D eigenvalue weighted by atomic mass is 16.5. The monoisotopic (exact) mass is 276 g/mol. The minimum atomic E-state index is -0.590. The van der Waals surface area contributed by atoms with E-state index in [1.807, 2.05) is 13.1 Å². The Morgan fingerprint density at radius 1 is 1.55 bits per heavy atom. The number of para-hydroxylation sites is 1. The summed E-state index contributed by atoms with van der Waals surface area (Å²) in [6.07, 6.45) is 0.411. The van der Waals surface area contributed by atoms with Crippen LogP contribution in [-0.2, 0) is 4.74 Å². The smallest absolute Gasteiger partial charge is 0.137 e. The van der Waals surface area contributed by atoms with E-state index in [0.717, 1.165) is 19.6 Å². The third-order valence-corrected chi connectivity index (χ3v) is 3.47. The van der Waals surface area contributed by atoms with Crippen LogP contribution in [0.5, 0.6) is 5.75 Å². The highest BCUT2D eigenvalue weighted by Crippen LogP contribution is 2.17. The number of benzene rings is 1. The predicted molar refractivity (Wildman–Crippen MR) is 74.5 cm³/mol. The molecule has 0 bridgehead atoms. The van der Waals surface area contributed by atoms with Gasteiger partial charge in [-0.05, 0) is 25.6 Å². The lowest BCUT2D eigenvalue weighted by Gasteiger charge is -2.25. The number of hydrogen-bond donors (Lipinski definition) is 1. The summed E-state index contributed by atoms with van der Waals surface area (Å²) in [6, 6.07) is 9.47. The number of nitrogens with zero attached hydrogens (tertiary/aromatic N) is 2. The molecule has 5 nitrogen and oxygen atoms in total. The Hall–Kier alpha value is -1.61. The van der Waals surface area contributed by atoms with Crippen molar-refractivity contribution in [1.29, 1.82) is 5.26 Å². The number of rotatable bonds is 6. The Morgan fingerprint density at radius 3 is 3.05 bits per heavy atom. The van der Waals surface area contributed by atoms with Crippen molar-refractivity contribution >= 4 is 0 Å². The number of ether oxygens (including phenoxy) is 2. The van der Waals surface area contributed by atoms with E-state index < -0.39 is 6.10 Å². The van der Waals surface area contributed by atoms with Crippen LogP contribution in [0.2, 0.25) is 0 Å². The van der Waals surface area contributed by atoms with Crippen LogP contribution in [0.25, 0.3) is 0 Å². The van der Waals surface area contributed by atoms with Gasteiger partial charge >= 0.3 is 0 Å². The van der Waals surface area contributed by atoms with E-state index in [1.54, 1.807) is 18.2 Å². The molecule has 2 rings (SSSR count). The molecule has 2 unspecified atom stereocenters. The van der Waals surface area contributed by atoms with Crippen molar-refractivity contribution in [3.63, 3.8) is 0 Å². The average molecular weight is 276 g/mol. The van der Waals surface area contributed by atoms with Gasteiger partial charge in [0.1, 0.15) is 24.5 Å². The van der Waals surface area contributed by atoms with Crippen LogP contribution in [0.3, 0.4) is 0 Å². The van der Waals surface area contributed by atoms with Crippen LogP contribution in [0.4, 0.5) is 0 Å². The first kappa shape index (κ1) is 14.8. The number of hydrogen-bond acceptors (Lipinski definition) is 5. The summed E-state index contributed by atoms with van der Waals surface area (Å²) in [5.74, 6) is 0.515. The van der Waals surface area contributed by atoms with Gasteiger partial charge in [-0.3, -0.25) is 4.90 Å². The van der Waals surface area contributed by atoms with Crippen molar-refractivity contribution < 1.29 is 14.6 Å². The van der Waals surface area contributed by atoms with Crippen LogP contribution >= 0.6 is 0 Å². The van der Waals surface area contributed by atoms with Crippen LogP contribution < -0.4 is 4.74 Å². The molecule has 0 spiro atoms. The topological polar surface area (TPSA) is 65.7 Å². The van der Waals surface area contributed by atoms with Gasteiger partial charge < -0.3 is 14.6 Å². The van der Waals surface area contributed by atoms with Crippen molar-refractivity contribution in [1.82, 2.24) is 4.90 Å². The van der Waals surface area contributed by atoms with Gasteiger partial charge in [-0.15, -0.1) is 0 Å². The summed E-state index contributed by atoms with van der Waals surface area (Å²) >= 11 is 0. The summed E-state index contributed by atoms with van der Waals surface area (Å²) in [4.78, 5) is 2.09. The molecule has 1 aliphatic heterocycles. The maximum absolute atomic E-state index is 10.0. The molecular formula is C15H20N2O3. The van der Waals surface area contributed by atoms with Gasteiger partial charge in [0.2, 0.25) is 0 Å². The van der Waals surface area contributed by atoms with Gasteiger partial charge in [-0.25, -0.2) is 0 Å². The Balaban J connectivity index is 1.80. The first-order chi connectivity index (χ1) is 9.70. The molecule has 2 atom stereocenters. The van der Waals surface area contributed by atoms with E-state index >= 15 is 0 Å². The molecule has 1 saturated heterocycles. The highest BCUT2D eigenvalue weighted by molar-refractivity contribution is 5.42. The molecular weight excluding hydrogens is 256 g/mol. The van der Waals surface area contributed by atoms with Crippen LogP contribution in [0.1, 0.15) is 12.0 Å². The van der Waals surface area contributed by atoms with Crippen LogP contribution in [0, 0.1) is 11.3 Å². The van der Waals surface area contributed by atoms with Gasteiger partial charge in [-0.1, -0.05) is 12.1 Å². The lowest BCUT2D eigenvalue weighted by Crippen LogP contribution is -2.39. The van der Waals surface area contributed by atoms with Crippen molar-refractivity contribution in [2.24, 2.45) is 0 Å². The Labute approximate surface area is 119 Å². The predicted octanol–water partition coefficient (Wildman–Crippen LogP) is 1.02. The number of likely N-dealkylation sites (N-methyl/N-ethyl adjacent to an activating group) is 1. The molecule has 0 amide bonds. The average Bonchev–Trinajstić information content (AvgIpc) is 2.99. The molecule has 0 saturated carbocycles. The minimum Gasteiger partial charge on any atom is -0.489 e. The standard InChI is InChI=1S/C15H20N2O3/c1-17(13-6-7-19-10-13)9-14(18)11-20-15-5-3-2-4-12(15)8-16/h2-5,13-14,18H,6-7,9-11H2,1H3. The third-order valence-electron chi connectivity index (χ3n) is 3.47. The molecule has 1 aliphatic rings. The molecule has 0 aromatic heterocycles. The Bertz CT molecular complexity index is 466. The molecule has 1 heterocycles.